The second-order valence-corrected chi connectivity index (χ2v) is 6.37. The van der Waals surface area contributed by atoms with Gasteiger partial charge >= 0.3 is 0 Å². The third-order valence-electron chi connectivity index (χ3n) is 4.99. The molecule has 1 aromatic carbocycles. The van der Waals surface area contributed by atoms with Gasteiger partial charge in [-0.25, -0.2) is 0 Å². The van der Waals surface area contributed by atoms with Gasteiger partial charge < -0.3 is 4.90 Å². The van der Waals surface area contributed by atoms with Crippen molar-refractivity contribution in [3.05, 3.63) is 29.8 Å². The Morgan fingerprint density at radius 1 is 0.947 bits per heavy atom. The Kier molecular flexibility index (Phi) is 4.42. The molecule has 19 heavy (non-hydrogen) atoms. The van der Waals surface area contributed by atoms with Crippen LogP contribution >= 0.6 is 0 Å². The minimum absolute atomic E-state index is 1.00. The Morgan fingerprint density at radius 3 is 2.68 bits per heavy atom. The Morgan fingerprint density at radius 2 is 1.79 bits per heavy atom. The first-order chi connectivity index (χ1) is 9.43. The van der Waals surface area contributed by atoms with Crippen molar-refractivity contribution in [1.82, 2.24) is 0 Å². The maximum Gasteiger partial charge on any atom is 0.0398 e. The molecule has 1 fully saturated rings. The number of rotatable bonds is 3. The molecule has 1 saturated carbocycles. The molecule has 1 aliphatic carbocycles. The van der Waals surface area contributed by atoms with E-state index in [1.807, 2.05) is 0 Å². The fourth-order valence-corrected chi connectivity index (χ4v) is 3.82. The number of benzene rings is 1. The summed E-state index contributed by atoms with van der Waals surface area (Å²) < 4.78 is 0. The summed E-state index contributed by atoms with van der Waals surface area (Å²) in [6.07, 6.45) is 12.8. The van der Waals surface area contributed by atoms with Crippen LogP contribution in [-0.2, 0) is 6.42 Å². The summed E-state index contributed by atoms with van der Waals surface area (Å²) >= 11 is 0. The molecule has 0 spiro atoms. The van der Waals surface area contributed by atoms with Gasteiger partial charge in [0.2, 0.25) is 0 Å². The molecule has 0 amide bonds. The van der Waals surface area contributed by atoms with Crippen LogP contribution in [0.5, 0.6) is 0 Å². The molecule has 1 nitrogen and oxygen atoms in total. The first kappa shape index (κ1) is 13.0. The van der Waals surface area contributed by atoms with E-state index in [9.17, 15) is 0 Å². The van der Waals surface area contributed by atoms with Crippen molar-refractivity contribution < 1.29 is 0 Å². The van der Waals surface area contributed by atoms with Gasteiger partial charge in [0.15, 0.2) is 0 Å². The van der Waals surface area contributed by atoms with Gasteiger partial charge in [-0.15, -0.1) is 0 Å². The number of hydrogen-bond acceptors (Lipinski definition) is 1. The number of anilines is 1. The molecule has 104 valence electrons. The highest BCUT2D eigenvalue weighted by Gasteiger charge is 2.18. The Bertz CT molecular complexity index is 392. The minimum atomic E-state index is 1.00. The average Bonchev–Trinajstić information content (AvgIpc) is 2.68. The molecule has 1 heteroatoms. The van der Waals surface area contributed by atoms with Gasteiger partial charge in [0.1, 0.15) is 0 Å². The predicted octanol–water partition coefficient (Wildman–Crippen LogP) is 4.80. The highest BCUT2D eigenvalue weighted by Crippen LogP contribution is 2.30. The predicted molar refractivity (Wildman–Crippen MR) is 82.8 cm³/mol. The van der Waals surface area contributed by atoms with Crippen molar-refractivity contribution in [1.29, 1.82) is 0 Å². The van der Waals surface area contributed by atoms with Crippen LogP contribution in [0.25, 0.3) is 0 Å². The summed E-state index contributed by atoms with van der Waals surface area (Å²) in [5.74, 6) is 1.00. The topological polar surface area (TPSA) is 3.24 Å². The molecule has 0 radical (unpaired) electrons. The van der Waals surface area contributed by atoms with Crippen LogP contribution in [0.15, 0.2) is 24.3 Å². The van der Waals surface area contributed by atoms with E-state index in [1.54, 1.807) is 5.56 Å². The van der Waals surface area contributed by atoms with E-state index in [4.69, 9.17) is 0 Å². The zero-order valence-electron chi connectivity index (χ0n) is 12.1. The average molecular weight is 257 g/mol. The Labute approximate surface area is 118 Å². The van der Waals surface area contributed by atoms with Gasteiger partial charge in [0.25, 0.3) is 0 Å². The Balaban J connectivity index is 1.63. The van der Waals surface area contributed by atoms with Crippen LogP contribution < -0.4 is 4.90 Å². The number of nitrogens with zero attached hydrogens (tertiary/aromatic N) is 1. The van der Waals surface area contributed by atoms with Gasteiger partial charge in [-0.1, -0.05) is 50.3 Å². The summed E-state index contributed by atoms with van der Waals surface area (Å²) in [6, 6.07) is 9.07. The second-order valence-electron chi connectivity index (χ2n) is 6.37. The molecule has 0 aromatic heterocycles. The van der Waals surface area contributed by atoms with Gasteiger partial charge in [0.05, 0.1) is 0 Å². The van der Waals surface area contributed by atoms with Crippen LogP contribution in [0.3, 0.4) is 0 Å². The molecule has 0 unspecified atom stereocenters. The minimum Gasteiger partial charge on any atom is -0.371 e. The second kappa shape index (κ2) is 6.45. The molecule has 0 N–H and O–H groups in total. The van der Waals surface area contributed by atoms with Crippen LogP contribution in [-0.4, -0.2) is 13.1 Å². The normalized spacial score (nSPS) is 20.9. The third-order valence-corrected chi connectivity index (χ3v) is 4.99. The maximum absolute atomic E-state index is 2.66. The standard InChI is InChI=1S/C18H27N/c1-2-8-16(9-3-1)13-15-19-14-7-6-11-17-10-4-5-12-18(17)19/h4-5,10,12,16H,1-3,6-9,11,13-15H2. The van der Waals surface area contributed by atoms with Crippen molar-refractivity contribution in [2.45, 2.75) is 57.8 Å². The van der Waals surface area contributed by atoms with E-state index < -0.39 is 0 Å². The number of hydrogen-bond donors (Lipinski definition) is 0. The van der Waals surface area contributed by atoms with Crippen LogP contribution in [0, 0.1) is 5.92 Å². The summed E-state index contributed by atoms with van der Waals surface area (Å²) in [5.41, 5.74) is 3.10. The monoisotopic (exact) mass is 257 g/mol. The number of para-hydroxylation sites is 1. The first-order valence-corrected chi connectivity index (χ1v) is 8.26. The fourth-order valence-electron chi connectivity index (χ4n) is 3.82. The zero-order valence-corrected chi connectivity index (χ0v) is 12.1. The maximum atomic E-state index is 2.66. The molecule has 1 aromatic rings. The SMILES string of the molecule is c1ccc2c(c1)CCCCN2CCC1CCCCC1. The van der Waals surface area contributed by atoms with Gasteiger partial charge in [-0.2, -0.15) is 0 Å². The van der Waals surface area contributed by atoms with Crippen LogP contribution in [0.4, 0.5) is 5.69 Å². The summed E-state index contributed by atoms with van der Waals surface area (Å²) in [5, 5.41) is 0. The van der Waals surface area contributed by atoms with E-state index in [2.05, 4.69) is 29.2 Å². The molecule has 1 aliphatic heterocycles. The molecule has 1 heterocycles. The summed E-state index contributed by atoms with van der Waals surface area (Å²) in [7, 11) is 0. The van der Waals surface area contributed by atoms with Gasteiger partial charge in [-0.05, 0) is 43.2 Å². The lowest BCUT2D eigenvalue weighted by Crippen LogP contribution is -2.27. The molecular weight excluding hydrogens is 230 g/mol. The smallest absolute Gasteiger partial charge is 0.0398 e. The molecule has 0 bridgehead atoms. The molecular formula is C18H27N. The van der Waals surface area contributed by atoms with Crippen LogP contribution in [0.1, 0.15) is 56.9 Å². The highest BCUT2D eigenvalue weighted by atomic mass is 15.1. The summed E-state index contributed by atoms with van der Waals surface area (Å²) in [6.45, 7) is 2.55. The quantitative estimate of drug-likeness (QED) is 0.752. The van der Waals surface area contributed by atoms with Crippen molar-refractivity contribution in [3.8, 4) is 0 Å². The van der Waals surface area contributed by atoms with E-state index >= 15 is 0 Å². The summed E-state index contributed by atoms with van der Waals surface area (Å²) in [4.78, 5) is 2.66. The lowest BCUT2D eigenvalue weighted by Gasteiger charge is -2.28. The molecule has 0 atom stereocenters. The van der Waals surface area contributed by atoms with Crippen molar-refractivity contribution in [2.75, 3.05) is 18.0 Å². The molecule has 3 rings (SSSR count). The van der Waals surface area contributed by atoms with E-state index in [0.717, 1.165) is 5.92 Å². The van der Waals surface area contributed by atoms with Gasteiger partial charge in [-0.3, -0.25) is 0 Å². The number of aryl methyl sites for hydroxylation is 1. The largest absolute Gasteiger partial charge is 0.371 e. The Hall–Kier alpha value is -0.980. The third kappa shape index (κ3) is 3.32. The van der Waals surface area contributed by atoms with Gasteiger partial charge in [0, 0.05) is 18.8 Å². The van der Waals surface area contributed by atoms with Crippen molar-refractivity contribution in [2.24, 2.45) is 5.92 Å². The van der Waals surface area contributed by atoms with Crippen molar-refractivity contribution in [3.63, 3.8) is 0 Å². The fraction of sp³-hybridized carbons (Fsp3) is 0.667. The van der Waals surface area contributed by atoms with Crippen molar-refractivity contribution >= 4 is 5.69 Å². The van der Waals surface area contributed by atoms with E-state index in [1.165, 1.54) is 76.6 Å². The highest BCUT2D eigenvalue weighted by molar-refractivity contribution is 5.54. The van der Waals surface area contributed by atoms with Crippen LogP contribution in [0.2, 0.25) is 0 Å². The molecule has 2 aliphatic rings. The lowest BCUT2D eigenvalue weighted by atomic mass is 9.87. The zero-order chi connectivity index (χ0) is 12.9. The van der Waals surface area contributed by atoms with E-state index in [-0.39, 0.29) is 0 Å². The number of fused-ring (bicyclic) bond motifs is 1. The first-order valence-electron chi connectivity index (χ1n) is 8.26. The van der Waals surface area contributed by atoms with E-state index in [0.29, 0.717) is 0 Å². The molecule has 0 saturated heterocycles. The lowest BCUT2D eigenvalue weighted by molar-refractivity contribution is 0.340.